The molecule has 0 atom stereocenters. The van der Waals surface area contributed by atoms with Crippen LogP contribution < -0.4 is 45.9 Å². The van der Waals surface area contributed by atoms with Gasteiger partial charge in [0.15, 0.2) is 5.96 Å². The standard InChI is InChI=1S/C39H58N8O8/c1-46(2)39(47(3)4)45-26-15-13-25(14-16-26)44-38(51)30-20-29(33(54-7)22-34(30)55-8)37(50)43-24-11-9-23(10-12-24)42-36(49)28-19-27(35(48)41-18-17-40)31(52-5)21-32(28)53-6/h19-26H,9-18,40H2,1-8H3,(H,41,48)(H,42,49)(H,43,50)(H,44,51). The van der Waals surface area contributed by atoms with Crippen molar-refractivity contribution in [2.45, 2.75) is 75.5 Å². The van der Waals surface area contributed by atoms with Crippen LogP contribution in [-0.4, -0.2) is 133 Å². The molecule has 55 heavy (non-hydrogen) atoms. The number of guanidine groups is 1. The first-order valence-electron chi connectivity index (χ1n) is 18.7. The molecule has 16 heteroatoms. The molecule has 0 saturated heterocycles. The minimum atomic E-state index is -0.417. The van der Waals surface area contributed by atoms with E-state index < -0.39 is 11.8 Å². The zero-order chi connectivity index (χ0) is 40.2. The van der Waals surface area contributed by atoms with Crippen molar-refractivity contribution in [3.63, 3.8) is 0 Å². The highest BCUT2D eigenvalue weighted by molar-refractivity contribution is 6.04. The minimum absolute atomic E-state index is 0.0328. The zero-order valence-electron chi connectivity index (χ0n) is 33.4. The number of ether oxygens (including phenoxy) is 4. The predicted molar refractivity (Wildman–Crippen MR) is 210 cm³/mol. The van der Waals surface area contributed by atoms with Gasteiger partial charge in [-0.2, -0.15) is 0 Å². The first kappa shape index (κ1) is 42.5. The van der Waals surface area contributed by atoms with Gasteiger partial charge < -0.3 is 55.7 Å². The third kappa shape index (κ3) is 10.9. The Morgan fingerprint density at radius 1 is 0.582 bits per heavy atom. The number of nitrogens with two attached hydrogens (primary N) is 1. The van der Waals surface area contributed by atoms with Crippen LogP contribution in [0.5, 0.6) is 23.0 Å². The second kappa shape index (κ2) is 19.9. The van der Waals surface area contributed by atoms with E-state index >= 15 is 0 Å². The summed E-state index contributed by atoms with van der Waals surface area (Å²) in [6.45, 7) is 0.533. The summed E-state index contributed by atoms with van der Waals surface area (Å²) in [5, 5.41) is 12.0. The summed E-state index contributed by atoms with van der Waals surface area (Å²) >= 11 is 0. The predicted octanol–water partition coefficient (Wildman–Crippen LogP) is 2.40. The van der Waals surface area contributed by atoms with E-state index in [4.69, 9.17) is 29.7 Å². The van der Waals surface area contributed by atoms with Crippen molar-refractivity contribution < 1.29 is 38.1 Å². The van der Waals surface area contributed by atoms with E-state index in [-0.39, 0.29) is 88.6 Å². The number of hydrogen-bond acceptors (Lipinski definition) is 10. The monoisotopic (exact) mass is 766 g/mol. The van der Waals surface area contributed by atoms with Gasteiger partial charge in [-0.15, -0.1) is 0 Å². The lowest BCUT2D eigenvalue weighted by atomic mass is 9.90. The van der Waals surface area contributed by atoms with E-state index in [0.29, 0.717) is 31.4 Å². The zero-order valence-corrected chi connectivity index (χ0v) is 33.4. The Morgan fingerprint density at radius 2 is 0.909 bits per heavy atom. The van der Waals surface area contributed by atoms with Crippen LogP contribution in [0.25, 0.3) is 0 Å². The Balaban J connectivity index is 1.38. The van der Waals surface area contributed by atoms with E-state index in [0.717, 1.165) is 31.6 Å². The average Bonchev–Trinajstić information content (AvgIpc) is 3.18. The lowest BCUT2D eigenvalue weighted by Gasteiger charge is -2.30. The molecular weight excluding hydrogens is 708 g/mol. The summed E-state index contributed by atoms with van der Waals surface area (Å²) in [5.41, 5.74) is 6.39. The molecular formula is C39H58N8O8. The molecule has 0 bridgehead atoms. The number of carbonyl (C=O) groups is 4. The maximum atomic E-state index is 13.7. The van der Waals surface area contributed by atoms with Gasteiger partial charge in [0.1, 0.15) is 23.0 Å². The molecule has 2 aromatic rings. The molecule has 0 heterocycles. The SMILES string of the molecule is COc1cc(OC)c(C(=O)NC2CCC(NC(=O)c3cc(C(=O)NC4CCC(N=C(N(C)C)N(C)C)CC4)c(OC)cc3OC)CC2)cc1C(=O)NCCN. The number of benzene rings is 2. The Labute approximate surface area is 323 Å². The van der Waals surface area contributed by atoms with Crippen LogP contribution in [0, 0.1) is 0 Å². The van der Waals surface area contributed by atoms with E-state index in [2.05, 4.69) is 21.3 Å². The first-order valence-corrected chi connectivity index (χ1v) is 18.7. The molecule has 2 aliphatic rings. The summed E-state index contributed by atoms with van der Waals surface area (Å²) in [6, 6.07) is 5.86. The maximum Gasteiger partial charge on any atom is 0.255 e. The quantitative estimate of drug-likeness (QED) is 0.140. The number of amides is 4. The fourth-order valence-corrected chi connectivity index (χ4v) is 7.10. The highest BCUT2D eigenvalue weighted by atomic mass is 16.5. The summed E-state index contributed by atoms with van der Waals surface area (Å²) in [5.74, 6) is 0.528. The largest absolute Gasteiger partial charge is 0.496 e. The van der Waals surface area contributed by atoms with Gasteiger partial charge in [0.25, 0.3) is 23.6 Å². The molecule has 0 spiro atoms. The van der Waals surface area contributed by atoms with E-state index in [1.54, 1.807) is 6.07 Å². The van der Waals surface area contributed by atoms with E-state index in [1.165, 1.54) is 46.6 Å². The number of aliphatic imine (C=N–C) groups is 1. The number of hydrogen-bond donors (Lipinski definition) is 5. The first-order chi connectivity index (χ1) is 26.3. The second-order valence-electron chi connectivity index (χ2n) is 14.2. The van der Waals surface area contributed by atoms with Crippen molar-refractivity contribution in [3.05, 3.63) is 46.5 Å². The number of nitrogens with one attached hydrogen (secondary N) is 4. The molecule has 0 radical (unpaired) electrons. The number of carbonyl (C=O) groups excluding carboxylic acids is 4. The van der Waals surface area contributed by atoms with Crippen molar-refractivity contribution in [3.8, 4) is 23.0 Å². The molecule has 302 valence electrons. The maximum absolute atomic E-state index is 13.7. The van der Waals surface area contributed by atoms with Gasteiger partial charge in [0.05, 0.1) is 56.7 Å². The average molecular weight is 767 g/mol. The van der Waals surface area contributed by atoms with Gasteiger partial charge in [-0.1, -0.05) is 0 Å². The van der Waals surface area contributed by atoms with Crippen LogP contribution in [0.15, 0.2) is 29.3 Å². The van der Waals surface area contributed by atoms with Gasteiger partial charge in [-0.25, -0.2) is 4.99 Å². The summed E-state index contributed by atoms with van der Waals surface area (Å²) in [4.78, 5) is 62.4. The van der Waals surface area contributed by atoms with Gasteiger partial charge in [0.2, 0.25) is 0 Å². The third-order valence-electron chi connectivity index (χ3n) is 9.98. The van der Waals surface area contributed by atoms with Gasteiger partial charge in [0, 0.05) is 71.5 Å². The molecule has 2 fully saturated rings. The van der Waals surface area contributed by atoms with Crippen molar-refractivity contribution in [2.24, 2.45) is 10.7 Å². The highest BCUT2D eigenvalue weighted by Gasteiger charge is 2.30. The Hall–Kier alpha value is -5.25. The summed E-state index contributed by atoms with van der Waals surface area (Å²) in [6.07, 6.45) is 5.67. The van der Waals surface area contributed by atoms with Crippen LogP contribution in [0.2, 0.25) is 0 Å². The topological polar surface area (TPSA) is 198 Å². The molecule has 2 aliphatic carbocycles. The van der Waals surface area contributed by atoms with Crippen molar-refractivity contribution >= 4 is 29.6 Å². The molecule has 16 nitrogen and oxygen atoms in total. The molecule has 0 unspecified atom stereocenters. The van der Waals surface area contributed by atoms with Gasteiger partial charge in [-0.3, -0.25) is 19.2 Å². The fourth-order valence-electron chi connectivity index (χ4n) is 7.10. The fraction of sp³-hybridized carbons (Fsp3) is 0.564. The van der Waals surface area contributed by atoms with Crippen LogP contribution in [0.4, 0.5) is 0 Å². The van der Waals surface area contributed by atoms with Crippen molar-refractivity contribution in [1.82, 2.24) is 31.1 Å². The molecule has 2 aromatic carbocycles. The Morgan fingerprint density at radius 3 is 1.22 bits per heavy atom. The number of rotatable bonds is 14. The summed E-state index contributed by atoms with van der Waals surface area (Å²) in [7, 11) is 13.7. The second-order valence-corrected chi connectivity index (χ2v) is 14.2. The summed E-state index contributed by atoms with van der Waals surface area (Å²) < 4.78 is 21.9. The minimum Gasteiger partial charge on any atom is -0.496 e. The Kier molecular flexibility index (Phi) is 15.4. The van der Waals surface area contributed by atoms with Gasteiger partial charge in [-0.05, 0) is 63.5 Å². The lowest BCUT2D eigenvalue weighted by molar-refractivity contribution is 0.0886. The highest BCUT2D eigenvalue weighted by Crippen LogP contribution is 2.32. The third-order valence-corrected chi connectivity index (χ3v) is 9.98. The molecule has 4 amide bonds. The lowest BCUT2D eigenvalue weighted by Crippen LogP contribution is -2.44. The van der Waals surface area contributed by atoms with Crippen molar-refractivity contribution in [2.75, 3.05) is 69.7 Å². The van der Waals surface area contributed by atoms with E-state index in [1.807, 2.05) is 38.0 Å². The smallest absolute Gasteiger partial charge is 0.255 e. The molecule has 6 N–H and O–H groups in total. The molecule has 2 saturated carbocycles. The molecule has 0 aliphatic heterocycles. The number of nitrogens with zero attached hydrogens (tertiary/aromatic N) is 3. The molecule has 4 rings (SSSR count). The van der Waals surface area contributed by atoms with Crippen LogP contribution in [0.1, 0.15) is 92.8 Å². The van der Waals surface area contributed by atoms with E-state index in [9.17, 15) is 19.2 Å². The van der Waals surface area contributed by atoms with Crippen LogP contribution >= 0.6 is 0 Å². The molecule has 0 aromatic heterocycles. The van der Waals surface area contributed by atoms with Crippen LogP contribution in [-0.2, 0) is 0 Å². The van der Waals surface area contributed by atoms with Crippen molar-refractivity contribution in [1.29, 1.82) is 0 Å². The number of methoxy groups -OCH3 is 4. The Bertz CT molecular complexity index is 1690. The normalized spacial score (nSPS) is 19.2. The van der Waals surface area contributed by atoms with Gasteiger partial charge >= 0.3 is 0 Å². The van der Waals surface area contributed by atoms with Crippen LogP contribution in [0.3, 0.4) is 0 Å².